The van der Waals surface area contributed by atoms with E-state index in [1.165, 1.54) is 0 Å². The van der Waals surface area contributed by atoms with Crippen molar-refractivity contribution in [3.8, 4) is 0 Å². The van der Waals surface area contributed by atoms with Crippen LogP contribution in [0.2, 0.25) is 5.15 Å². The zero-order valence-corrected chi connectivity index (χ0v) is 7.95. The lowest BCUT2D eigenvalue weighted by molar-refractivity contribution is 0.0659. The zero-order chi connectivity index (χ0) is 10.1. The van der Waals surface area contributed by atoms with Crippen LogP contribution in [0.15, 0.2) is 4.52 Å². The van der Waals surface area contributed by atoms with Gasteiger partial charge in [0, 0.05) is 6.61 Å². The lowest BCUT2D eigenvalue weighted by Gasteiger charge is -2.04. The Morgan fingerprint density at radius 3 is 3.00 bits per heavy atom. The SMILES string of the molecule is O=C(O)c1c(Cl)noc1C1CCCO1. The van der Waals surface area contributed by atoms with Gasteiger partial charge in [-0.25, -0.2) is 4.79 Å². The molecule has 1 atom stereocenters. The minimum absolute atomic E-state index is 0.0847. The first-order valence-corrected chi connectivity index (χ1v) is 4.58. The Balaban J connectivity index is 2.37. The molecule has 1 saturated heterocycles. The van der Waals surface area contributed by atoms with Gasteiger partial charge in [0.15, 0.2) is 10.9 Å². The maximum atomic E-state index is 10.8. The van der Waals surface area contributed by atoms with Crippen molar-refractivity contribution in [1.82, 2.24) is 5.16 Å². The van der Waals surface area contributed by atoms with Crippen molar-refractivity contribution in [3.63, 3.8) is 0 Å². The third-order valence-electron chi connectivity index (χ3n) is 2.11. The number of rotatable bonds is 2. The van der Waals surface area contributed by atoms with Crippen LogP contribution in [0.5, 0.6) is 0 Å². The molecule has 2 rings (SSSR count). The number of carbonyl (C=O) groups is 1. The molecule has 1 aliphatic heterocycles. The van der Waals surface area contributed by atoms with Crippen molar-refractivity contribution in [2.45, 2.75) is 18.9 Å². The first kappa shape index (κ1) is 9.48. The van der Waals surface area contributed by atoms with E-state index in [0.717, 1.165) is 12.8 Å². The monoisotopic (exact) mass is 217 g/mol. The van der Waals surface area contributed by atoms with E-state index in [2.05, 4.69) is 5.16 Å². The third-order valence-corrected chi connectivity index (χ3v) is 2.37. The molecule has 1 aromatic heterocycles. The van der Waals surface area contributed by atoms with Crippen LogP contribution in [0.25, 0.3) is 0 Å². The molecule has 0 aliphatic carbocycles. The molecule has 76 valence electrons. The Labute approximate surface area is 84.6 Å². The van der Waals surface area contributed by atoms with E-state index in [4.69, 9.17) is 26.0 Å². The van der Waals surface area contributed by atoms with Gasteiger partial charge in [-0.05, 0) is 12.8 Å². The van der Waals surface area contributed by atoms with Gasteiger partial charge in [-0.1, -0.05) is 16.8 Å². The Kier molecular flexibility index (Phi) is 2.43. The standard InChI is InChI=1S/C8H8ClNO4/c9-7-5(8(11)12)6(14-10-7)4-2-1-3-13-4/h4H,1-3H2,(H,11,12). The van der Waals surface area contributed by atoms with E-state index < -0.39 is 5.97 Å². The largest absolute Gasteiger partial charge is 0.477 e. The minimum Gasteiger partial charge on any atom is -0.477 e. The summed E-state index contributed by atoms with van der Waals surface area (Å²) in [6, 6.07) is 0. The molecule has 1 N–H and O–H groups in total. The summed E-state index contributed by atoms with van der Waals surface area (Å²) in [7, 11) is 0. The molecule has 0 amide bonds. The van der Waals surface area contributed by atoms with Gasteiger partial charge in [-0.2, -0.15) is 0 Å². The summed E-state index contributed by atoms with van der Waals surface area (Å²) >= 11 is 5.58. The smallest absolute Gasteiger partial charge is 0.342 e. The maximum Gasteiger partial charge on any atom is 0.342 e. The number of aromatic nitrogens is 1. The second kappa shape index (κ2) is 3.59. The summed E-state index contributed by atoms with van der Waals surface area (Å²) < 4.78 is 10.1. The van der Waals surface area contributed by atoms with Crippen molar-refractivity contribution in [3.05, 3.63) is 16.5 Å². The number of nitrogens with zero attached hydrogens (tertiary/aromatic N) is 1. The summed E-state index contributed by atoms with van der Waals surface area (Å²) in [5.41, 5.74) is -0.0847. The van der Waals surface area contributed by atoms with Gasteiger partial charge in [-0.3, -0.25) is 0 Å². The number of hydrogen-bond donors (Lipinski definition) is 1. The van der Waals surface area contributed by atoms with Gasteiger partial charge < -0.3 is 14.4 Å². The topological polar surface area (TPSA) is 72.6 Å². The van der Waals surface area contributed by atoms with Crippen LogP contribution in [-0.2, 0) is 4.74 Å². The van der Waals surface area contributed by atoms with Gasteiger partial charge in [0.25, 0.3) is 0 Å². The van der Waals surface area contributed by atoms with Crippen LogP contribution in [0.4, 0.5) is 0 Å². The average molecular weight is 218 g/mol. The zero-order valence-electron chi connectivity index (χ0n) is 7.20. The first-order valence-electron chi connectivity index (χ1n) is 4.20. The predicted molar refractivity (Wildman–Crippen MR) is 46.4 cm³/mol. The Bertz CT molecular complexity index is 356. The lowest BCUT2D eigenvalue weighted by atomic mass is 10.1. The van der Waals surface area contributed by atoms with Gasteiger partial charge >= 0.3 is 5.97 Å². The third kappa shape index (κ3) is 1.49. The van der Waals surface area contributed by atoms with Crippen LogP contribution in [-0.4, -0.2) is 22.8 Å². The second-order valence-electron chi connectivity index (χ2n) is 3.02. The molecule has 1 fully saturated rings. The van der Waals surface area contributed by atoms with Crippen LogP contribution in [0.1, 0.15) is 35.1 Å². The van der Waals surface area contributed by atoms with Crippen LogP contribution >= 0.6 is 11.6 Å². The van der Waals surface area contributed by atoms with Crippen molar-refractivity contribution < 1.29 is 19.2 Å². The van der Waals surface area contributed by atoms with Gasteiger partial charge in [0.05, 0.1) is 0 Å². The molecule has 6 heteroatoms. The number of carboxylic acids is 1. The van der Waals surface area contributed by atoms with E-state index in [9.17, 15) is 4.79 Å². The molecule has 0 spiro atoms. The van der Waals surface area contributed by atoms with Crippen molar-refractivity contribution in [1.29, 1.82) is 0 Å². The number of ether oxygens (including phenoxy) is 1. The number of aromatic carboxylic acids is 1. The van der Waals surface area contributed by atoms with E-state index >= 15 is 0 Å². The molecule has 0 aromatic carbocycles. The highest BCUT2D eigenvalue weighted by Crippen LogP contribution is 2.33. The average Bonchev–Trinajstić information content (AvgIpc) is 2.70. The van der Waals surface area contributed by atoms with Gasteiger partial charge in [0.2, 0.25) is 0 Å². The number of hydrogen-bond acceptors (Lipinski definition) is 4. The molecule has 2 heterocycles. The molecule has 1 unspecified atom stereocenters. The molecule has 5 nitrogen and oxygen atoms in total. The molecule has 0 radical (unpaired) electrons. The number of halogens is 1. The first-order chi connectivity index (χ1) is 6.70. The van der Waals surface area contributed by atoms with Gasteiger partial charge in [-0.15, -0.1) is 0 Å². The normalized spacial score (nSPS) is 21.4. The van der Waals surface area contributed by atoms with Crippen LogP contribution in [0, 0.1) is 0 Å². The summed E-state index contributed by atoms with van der Waals surface area (Å²) in [6.45, 7) is 0.613. The fourth-order valence-electron chi connectivity index (χ4n) is 1.48. The summed E-state index contributed by atoms with van der Waals surface area (Å²) in [5, 5.41) is 12.1. The van der Waals surface area contributed by atoms with E-state index in [1.807, 2.05) is 0 Å². The van der Waals surface area contributed by atoms with E-state index in [-0.39, 0.29) is 22.6 Å². The van der Waals surface area contributed by atoms with Crippen molar-refractivity contribution in [2.75, 3.05) is 6.61 Å². The summed E-state index contributed by atoms with van der Waals surface area (Å²) in [4.78, 5) is 10.8. The molecule has 0 saturated carbocycles. The van der Waals surface area contributed by atoms with Gasteiger partial charge in [0.1, 0.15) is 11.7 Å². The quantitative estimate of drug-likeness (QED) is 0.819. The van der Waals surface area contributed by atoms with Crippen molar-refractivity contribution in [2.24, 2.45) is 0 Å². The minimum atomic E-state index is -1.14. The van der Waals surface area contributed by atoms with E-state index in [1.54, 1.807) is 0 Å². The Morgan fingerprint density at radius 2 is 2.43 bits per heavy atom. The molecular weight excluding hydrogens is 210 g/mol. The fourth-order valence-corrected chi connectivity index (χ4v) is 1.69. The highest BCUT2D eigenvalue weighted by molar-refractivity contribution is 6.32. The van der Waals surface area contributed by atoms with E-state index in [0.29, 0.717) is 6.61 Å². The lowest BCUT2D eigenvalue weighted by Crippen LogP contribution is -2.04. The molecule has 14 heavy (non-hydrogen) atoms. The summed E-state index contributed by atoms with van der Waals surface area (Å²) in [5.74, 6) is -0.915. The molecule has 0 bridgehead atoms. The van der Waals surface area contributed by atoms with Crippen LogP contribution in [0.3, 0.4) is 0 Å². The maximum absolute atomic E-state index is 10.8. The number of carboxylic acid groups (broad SMARTS) is 1. The molecule has 1 aromatic rings. The predicted octanol–water partition coefficient (Wildman–Crippen LogP) is 1.88. The highest BCUT2D eigenvalue weighted by atomic mass is 35.5. The molecular formula is C8H8ClNO4. The van der Waals surface area contributed by atoms with Crippen molar-refractivity contribution >= 4 is 17.6 Å². The molecule has 1 aliphatic rings. The Morgan fingerprint density at radius 1 is 1.64 bits per heavy atom. The summed E-state index contributed by atoms with van der Waals surface area (Å²) in [6.07, 6.45) is 1.31. The highest BCUT2D eigenvalue weighted by Gasteiger charge is 2.30. The Hall–Kier alpha value is -1.07. The van der Waals surface area contributed by atoms with Crippen LogP contribution < -0.4 is 0 Å². The fraction of sp³-hybridized carbons (Fsp3) is 0.500. The second-order valence-corrected chi connectivity index (χ2v) is 3.38.